The third kappa shape index (κ3) is 5.39. The van der Waals surface area contributed by atoms with Gasteiger partial charge >= 0.3 is 0 Å². The van der Waals surface area contributed by atoms with Crippen molar-refractivity contribution in [1.29, 1.82) is 0 Å². The van der Waals surface area contributed by atoms with E-state index in [-0.39, 0.29) is 11.8 Å². The second-order valence-electron chi connectivity index (χ2n) is 6.98. The molecule has 0 aliphatic carbocycles. The highest BCUT2D eigenvalue weighted by molar-refractivity contribution is 7.99. The molecule has 0 unspecified atom stereocenters. The third-order valence-electron chi connectivity index (χ3n) is 4.91. The lowest BCUT2D eigenvalue weighted by Crippen LogP contribution is -2.38. The van der Waals surface area contributed by atoms with Crippen molar-refractivity contribution in [3.63, 3.8) is 0 Å². The topological polar surface area (TPSA) is 49.4 Å². The number of rotatable bonds is 7. The van der Waals surface area contributed by atoms with Gasteiger partial charge in [0.15, 0.2) is 0 Å². The van der Waals surface area contributed by atoms with E-state index >= 15 is 0 Å². The van der Waals surface area contributed by atoms with E-state index in [1.54, 1.807) is 11.3 Å². The van der Waals surface area contributed by atoms with Gasteiger partial charge in [0.05, 0.1) is 11.3 Å². The molecule has 0 spiro atoms. The predicted octanol–water partition coefficient (Wildman–Crippen LogP) is 4.63. The van der Waals surface area contributed by atoms with Crippen LogP contribution in [0.2, 0.25) is 0 Å². The number of nitrogens with zero attached hydrogens (tertiary/aromatic N) is 1. The number of thiophene rings is 1. The van der Waals surface area contributed by atoms with E-state index in [0.29, 0.717) is 6.42 Å². The van der Waals surface area contributed by atoms with Gasteiger partial charge in [-0.1, -0.05) is 32.4 Å². The third-order valence-corrected chi connectivity index (χ3v) is 7.09. The molecule has 2 amide bonds. The normalized spacial score (nSPS) is 14.1. The first kappa shape index (κ1) is 20.9. The molecule has 1 fully saturated rings. The summed E-state index contributed by atoms with van der Waals surface area (Å²) in [6.45, 7) is 5.98. The average molecular weight is 417 g/mol. The minimum Gasteiger partial charge on any atom is -0.341 e. The summed E-state index contributed by atoms with van der Waals surface area (Å²) in [4.78, 5) is 29.0. The second kappa shape index (κ2) is 10.1. The summed E-state index contributed by atoms with van der Waals surface area (Å²) in [6, 6.07) is 9.65. The number of thioether (sulfide) groups is 1. The Morgan fingerprint density at radius 2 is 1.82 bits per heavy atom. The lowest BCUT2D eigenvalue weighted by molar-refractivity contribution is -0.130. The monoisotopic (exact) mass is 416 g/mol. The van der Waals surface area contributed by atoms with Crippen molar-refractivity contribution < 1.29 is 9.59 Å². The SMILES string of the molecule is CCCc1sc(C(=O)Nc2ccc(CC(=O)N3CCSCC3)cc2)cc1CC. The number of carbonyl (C=O) groups excluding carboxylic acids is 2. The maximum absolute atomic E-state index is 12.6. The van der Waals surface area contributed by atoms with Crippen LogP contribution >= 0.6 is 23.1 Å². The van der Waals surface area contributed by atoms with Crippen LogP contribution in [0.3, 0.4) is 0 Å². The first-order valence-electron chi connectivity index (χ1n) is 9.98. The average Bonchev–Trinajstić information content (AvgIpc) is 3.13. The minimum atomic E-state index is -0.0586. The predicted molar refractivity (Wildman–Crippen MR) is 120 cm³/mol. The highest BCUT2D eigenvalue weighted by Crippen LogP contribution is 2.25. The molecule has 1 aliphatic rings. The van der Waals surface area contributed by atoms with Crippen LogP contribution in [-0.2, 0) is 24.1 Å². The molecule has 2 heterocycles. The zero-order valence-corrected chi connectivity index (χ0v) is 18.3. The van der Waals surface area contributed by atoms with Gasteiger partial charge in [-0.05, 0) is 42.2 Å². The first-order chi connectivity index (χ1) is 13.6. The molecular weight excluding hydrogens is 388 g/mol. The number of nitrogens with one attached hydrogen (secondary N) is 1. The molecule has 1 N–H and O–H groups in total. The van der Waals surface area contributed by atoms with E-state index < -0.39 is 0 Å². The van der Waals surface area contributed by atoms with Gasteiger partial charge in [-0.15, -0.1) is 11.3 Å². The fraction of sp³-hybridized carbons (Fsp3) is 0.455. The first-order valence-corrected chi connectivity index (χ1v) is 11.9. The van der Waals surface area contributed by atoms with Gasteiger partial charge in [-0.3, -0.25) is 9.59 Å². The maximum Gasteiger partial charge on any atom is 0.265 e. The van der Waals surface area contributed by atoms with Crippen LogP contribution in [0.25, 0.3) is 0 Å². The summed E-state index contributed by atoms with van der Waals surface area (Å²) in [6.07, 6.45) is 3.49. The van der Waals surface area contributed by atoms with E-state index in [1.807, 2.05) is 47.0 Å². The van der Waals surface area contributed by atoms with Crippen molar-refractivity contribution in [1.82, 2.24) is 4.90 Å². The summed E-state index contributed by atoms with van der Waals surface area (Å²) in [5.74, 6) is 2.18. The number of hydrogen-bond acceptors (Lipinski definition) is 4. The molecule has 1 aromatic heterocycles. The zero-order valence-electron chi connectivity index (χ0n) is 16.6. The molecule has 1 aromatic carbocycles. The Morgan fingerprint density at radius 1 is 1.11 bits per heavy atom. The van der Waals surface area contributed by atoms with E-state index in [2.05, 4.69) is 19.2 Å². The molecule has 150 valence electrons. The number of hydrogen-bond donors (Lipinski definition) is 1. The number of amides is 2. The fourth-order valence-electron chi connectivity index (χ4n) is 3.31. The Kier molecular flexibility index (Phi) is 7.57. The standard InChI is InChI=1S/C22H28N2O2S2/c1-3-5-19-17(4-2)15-20(28-19)22(26)23-18-8-6-16(7-9-18)14-21(25)24-10-12-27-13-11-24/h6-9,15H,3-5,10-14H2,1-2H3,(H,23,26). The highest BCUT2D eigenvalue weighted by Gasteiger charge is 2.17. The molecular formula is C22H28N2O2S2. The smallest absolute Gasteiger partial charge is 0.265 e. The maximum atomic E-state index is 12.6. The number of carbonyl (C=O) groups is 2. The van der Waals surface area contributed by atoms with Gasteiger partial charge in [0, 0.05) is 35.2 Å². The Morgan fingerprint density at radius 3 is 2.46 bits per heavy atom. The molecule has 1 saturated heterocycles. The van der Waals surface area contributed by atoms with Crippen molar-refractivity contribution in [2.45, 2.75) is 39.5 Å². The Hall–Kier alpha value is -1.79. The summed E-state index contributed by atoms with van der Waals surface area (Å²) in [5, 5.41) is 2.98. The fourth-order valence-corrected chi connectivity index (χ4v) is 5.47. The van der Waals surface area contributed by atoms with E-state index in [0.717, 1.165) is 60.0 Å². The molecule has 28 heavy (non-hydrogen) atoms. The van der Waals surface area contributed by atoms with Gasteiger partial charge in [0.25, 0.3) is 5.91 Å². The van der Waals surface area contributed by atoms with Crippen molar-refractivity contribution in [2.24, 2.45) is 0 Å². The Balaban J connectivity index is 1.59. The van der Waals surface area contributed by atoms with Gasteiger partial charge in [0.2, 0.25) is 5.91 Å². The molecule has 3 rings (SSSR count). The lowest BCUT2D eigenvalue weighted by Gasteiger charge is -2.26. The van der Waals surface area contributed by atoms with Crippen LogP contribution in [0.5, 0.6) is 0 Å². The Labute approximate surface area is 175 Å². The van der Waals surface area contributed by atoms with Crippen LogP contribution in [0.1, 0.15) is 45.9 Å². The molecule has 2 aromatic rings. The molecule has 1 aliphatic heterocycles. The van der Waals surface area contributed by atoms with Crippen molar-refractivity contribution in [3.8, 4) is 0 Å². The van der Waals surface area contributed by atoms with Gasteiger partial charge in [-0.2, -0.15) is 11.8 Å². The van der Waals surface area contributed by atoms with Crippen LogP contribution < -0.4 is 5.32 Å². The molecule has 0 bridgehead atoms. The van der Waals surface area contributed by atoms with Crippen molar-refractivity contribution >= 4 is 40.6 Å². The number of anilines is 1. The number of aryl methyl sites for hydroxylation is 2. The van der Waals surface area contributed by atoms with Crippen LogP contribution in [0.15, 0.2) is 30.3 Å². The second-order valence-corrected chi connectivity index (χ2v) is 9.35. The van der Waals surface area contributed by atoms with Gasteiger partial charge in [0.1, 0.15) is 0 Å². The molecule has 0 radical (unpaired) electrons. The van der Waals surface area contributed by atoms with E-state index in [1.165, 1.54) is 10.4 Å². The van der Waals surface area contributed by atoms with Crippen molar-refractivity contribution in [3.05, 3.63) is 51.2 Å². The summed E-state index contributed by atoms with van der Waals surface area (Å²) in [7, 11) is 0. The van der Waals surface area contributed by atoms with Crippen LogP contribution in [0.4, 0.5) is 5.69 Å². The minimum absolute atomic E-state index is 0.0586. The summed E-state index contributed by atoms with van der Waals surface area (Å²) >= 11 is 3.50. The molecule has 0 saturated carbocycles. The summed E-state index contributed by atoms with van der Waals surface area (Å²) < 4.78 is 0. The summed E-state index contributed by atoms with van der Waals surface area (Å²) in [5.41, 5.74) is 3.02. The van der Waals surface area contributed by atoms with Gasteiger partial charge in [-0.25, -0.2) is 0 Å². The highest BCUT2D eigenvalue weighted by atomic mass is 32.2. The zero-order chi connectivity index (χ0) is 19.9. The number of benzene rings is 1. The van der Waals surface area contributed by atoms with Crippen molar-refractivity contribution in [2.75, 3.05) is 29.9 Å². The molecule has 0 atom stereocenters. The quantitative estimate of drug-likeness (QED) is 0.716. The van der Waals surface area contributed by atoms with Crippen LogP contribution in [0, 0.1) is 0 Å². The molecule has 6 heteroatoms. The van der Waals surface area contributed by atoms with E-state index in [4.69, 9.17) is 0 Å². The van der Waals surface area contributed by atoms with Crippen LogP contribution in [-0.4, -0.2) is 41.3 Å². The van der Waals surface area contributed by atoms with Gasteiger partial charge < -0.3 is 10.2 Å². The lowest BCUT2D eigenvalue weighted by atomic mass is 10.1. The Bertz CT molecular complexity index is 808. The van der Waals surface area contributed by atoms with E-state index in [9.17, 15) is 9.59 Å². The largest absolute Gasteiger partial charge is 0.341 e. The molecule has 4 nitrogen and oxygen atoms in total.